The van der Waals surface area contributed by atoms with E-state index in [1.807, 2.05) is 0 Å². The van der Waals surface area contributed by atoms with Crippen molar-refractivity contribution in [2.45, 2.75) is 12.8 Å². The maximum Gasteiger partial charge on any atom is 0.175 e. The summed E-state index contributed by atoms with van der Waals surface area (Å²) in [5.74, 6) is 0. The summed E-state index contributed by atoms with van der Waals surface area (Å²) in [6, 6.07) is 0. The fraction of sp³-hybridized carbons (Fsp3) is 0.429. The molecule has 1 aromatic heterocycles. The van der Waals surface area contributed by atoms with Crippen molar-refractivity contribution in [2.75, 3.05) is 11.9 Å². The zero-order valence-electron chi connectivity index (χ0n) is 6.27. The summed E-state index contributed by atoms with van der Waals surface area (Å²) in [6.07, 6.45) is 1.99. The van der Waals surface area contributed by atoms with Crippen LogP contribution in [0.15, 0.2) is 0 Å². The number of anilines is 1. The zero-order valence-corrected chi connectivity index (χ0v) is 7.78. The van der Waals surface area contributed by atoms with Gasteiger partial charge in [0.15, 0.2) is 10.3 Å². The topological polar surface area (TPSA) is 37.8 Å². The molecule has 2 heterocycles. The summed E-state index contributed by atoms with van der Waals surface area (Å²) in [5, 5.41) is 11.5. The molecule has 0 spiro atoms. The Morgan fingerprint density at radius 2 is 1.92 bits per heavy atom. The number of fused-ring (bicyclic) bond motifs is 1. The number of aromatic nitrogens is 2. The van der Waals surface area contributed by atoms with Crippen LogP contribution in [-0.4, -0.2) is 16.7 Å². The van der Waals surface area contributed by atoms with Gasteiger partial charge >= 0.3 is 0 Å². The average molecular weight is 204 g/mol. The van der Waals surface area contributed by atoms with Crippen LogP contribution in [0.25, 0.3) is 0 Å². The first-order chi connectivity index (χ1) is 5.79. The molecule has 0 aliphatic carbocycles. The molecular weight excluding hydrogens is 197 g/mol. The van der Waals surface area contributed by atoms with Gasteiger partial charge in [-0.2, -0.15) is 0 Å². The molecule has 2 rings (SSSR count). The minimum absolute atomic E-state index is 0.411. The fourth-order valence-corrected chi connectivity index (χ4v) is 1.76. The molecule has 1 N–H and O–H groups in total. The average Bonchev–Trinajstić information content (AvgIpc) is 2.12. The van der Waals surface area contributed by atoms with Gasteiger partial charge in [0.05, 0.1) is 5.69 Å². The van der Waals surface area contributed by atoms with Crippen molar-refractivity contribution in [1.82, 2.24) is 10.2 Å². The Morgan fingerprint density at radius 3 is 2.67 bits per heavy atom. The first-order valence-corrected chi connectivity index (χ1v) is 4.49. The molecule has 0 fully saturated rings. The zero-order chi connectivity index (χ0) is 8.55. The SMILES string of the molecule is Clc1nnc(Cl)c2c1CCCN2. The Balaban J connectivity index is 2.57. The van der Waals surface area contributed by atoms with Crippen LogP contribution in [-0.2, 0) is 6.42 Å². The molecule has 0 bridgehead atoms. The third kappa shape index (κ3) is 1.23. The molecule has 0 radical (unpaired) electrons. The summed E-state index contributed by atoms with van der Waals surface area (Å²) in [6.45, 7) is 0.925. The molecule has 1 aliphatic rings. The highest BCUT2D eigenvalue weighted by Crippen LogP contribution is 2.31. The number of nitrogens with one attached hydrogen (secondary N) is 1. The van der Waals surface area contributed by atoms with E-state index in [1.165, 1.54) is 0 Å². The molecule has 64 valence electrons. The van der Waals surface area contributed by atoms with Crippen molar-refractivity contribution in [3.8, 4) is 0 Å². The maximum atomic E-state index is 5.84. The smallest absolute Gasteiger partial charge is 0.175 e. The van der Waals surface area contributed by atoms with Crippen molar-refractivity contribution in [2.24, 2.45) is 0 Å². The molecule has 1 aromatic rings. The van der Waals surface area contributed by atoms with E-state index in [4.69, 9.17) is 23.2 Å². The number of hydrogen-bond acceptors (Lipinski definition) is 3. The molecule has 3 nitrogen and oxygen atoms in total. The van der Waals surface area contributed by atoms with Crippen LogP contribution in [0.5, 0.6) is 0 Å². The number of rotatable bonds is 0. The molecular formula is C7H7Cl2N3. The van der Waals surface area contributed by atoms with E-state index in [2.05, 4.69) is 15.5 Å². The summed E-state index contributed by atoms with van der Waals surface area (Å²) in [5.41, 5.74) is 1.84. The van der Waals surface area contributed by atoms with E-state index in [1.54, 1.807) is 0 Å². The van der Waals surface area contributed by atoms with Crippen molar-refractivity contribution >= 4 is 28.9 Å². The number of hydrogen-bond donors (Lipinski definition) is 1. The van der Waals surface area contributed by atoms with E-state index in [0.717, 1.165) is 30.6 Å². The van der Waals surface area contributed by atoms with Gasteiger partial charge in [-0.15, -0.1) is 10.2 Å². The van der Waals surface area contributed by atoms with Crippen LogP contribution < -0.4 is 5.32 Å². The maximum absolute atomic E-state index is 5.84. The Morgan fingerprint density at radius 1 is 1.17 bits per heavy atom. The Hall–Kier alpha value is -0.540. The lowest BCUT2D eigenvalue weighted by molar-refractivity contribution is 0.811. The standard InChI is InChI=1S/C7H7Cl2N3/c8-6-4-2-1-3-10-5(4)7(9)12-11-6/h10H,1-3H2. The molecule has 0 saturated carbocycles. The van der Waals surface area contributed by atoms with Crippen molar-refractivity contribution in [3.05, 3.63) is 15.9 Å². The fourth-order valence-electron chi connectivity index (χ4n) is 1.31. The largest absolute Gasteiger partial charge is 0.382 e. The van der Waals surface area contributed by atoms with Crippen LogP contribution in [0.1, 0.15) is 12.0 Å². The highest BCUT2D eigenvalue weighted by Gasteiger charge is 2.16. The van der Waals surface area contributed by atoms with Gasteiger partial charge in [-0.3, -0.25) is 0 Å². The monoisotopic (exact) mass is 203 g/mol. The molecule has 0 unspecified atom stereocenters. The molecule has 1 aliphatic heterocycles. The highest BCUT2D eigenvalue weighted by atomic mass is 35.5. The lowest BCUT2D eigenvalue weighted by atomic mass is 10.1. The van der Waals surface area contributed by atoms with Gasteiger partial charge in [0.25, 0.3) is 0 Å². The van der Waals surface area contributed by atoms with Crippen LogP contribution in [0.3, 0.4) is 0 Å². The van der Waals surface area contributed by atoms with Gasteiger partial charge in [0.1, 0.15) is 0 Å². The normalized spacial score (nSPS) is 15.2. The second-order valence-corrected chi connectivity index (χ2v) is 3.38. The first-order valence-electron chi connectivity index (χ1n) is 3.73. The summed E-state index contributed by atoms with van der Waals surface area (Å²) in [7, 11) is 0. The molecule has 0 amide bonds. The van der Waals surface area contributed by atoms with Crippen molar-refractivity contribution in [3.63, 3.8) is 0 Å². The molecule has 0 aromatic carbocycles. The van der Waals surface area contributed by atoms with Gasteiger partial charge < -0.3 is 5.32 Å². The van der Waals surface area contributed by atoms with Crippen LogP contribution in [0.4, 0.5) is 5.69 Å². The van der Waals surface area contributed by atoms with Crippen molar-refractivity contribution < 1.29 is 0 Å². The molecule has 0 atom stereocenters. The number of nitrogens with zero attached hydrogens (tertiary/aromatic N) is 2. The number of halogens is 2. The van der Waals surface area contributed by atoms with E-state index < -0.39 is 0 Å². The minimum Gasteiger partial charge on any atom is -0.382 e. The second kappa shape index (κ2) is 3.07. The lowest BCUT2D eigenvalue weighted by Gasteiger charge is -2.18. The first kappa shape index (κ1) is 8.08. The molecule has 12 heavy (non-hydrogen) atoms. The third-order valence-electron chi connectivity index (χ3n) is 1.89. The van der Waals surface area contributed by atoms with E-state index >= 15 is 0 Å². The van der Waals surface area contributed by atoms with Gasteiger partial charge in [0.2, 0.25) is 0 Å². The lowest BCUT2D eigenvalue weighted by Crippen LogP contribution is -2.14. The summed E-state index contributed by atoms with van der Waals surface area (Å²) < 4.78 is 0. The molecule has 0 saturated heterocycles. The highest BCUT2D eigenvalue weighted by molar-refractivity contribution is 6.34. The van der Waals surface area contributed by atoms with Gasteiger partial charge in [-0.25, -0.2) is 0 Å². The van der Waals surface area contributed by atoms with E-state index in [-0.39, 0.29) is 0 Å². The van der Waals surface area contributed by atoms with Gasteiger partial charge in [0, 0.05) is 12.1 Å². The second-order valence-electron chi connectivity index (χ2n) is 2.67. The van der Waals surface area contributed by atoms with Gasteiger partial charge in [-0.05, 0) is 12.8 Å². The minimum atomic E-state index is 0.411. The van der Waals surface area contributed by atoms with Crippen LogP contribution in [0, 0.1) is 0 Å². The Bertz CT molecular complexity index is 283. The summed E-state index contributed by atoms with van der Waals surface area (Å²) >= 11 is 11.7. The third-order valence-corrected chi connectivity index (χ3v) is 2.46. The van der Waals surface area contributed by atoms with Gasteiger partial charge in [-0.1, -0.05) is 23.2 Å². The van der Waals surface area contributed by atoms with Crippen LogP contribution >= 0.6 is 23.2 Å². The van der Waals surface area contributed by atoms with E-state index in [9.17, 15) is 0 Å². The predicted molar refractivity (Wildman–Crippen MR) is 48.9 cm³/mol. The Labute approximate surface area is 80.1 Å². The molecule has 5 heteroatoms. The van der Waals surface area contributed by atoms with Crippen molar-refractivity contribution in [1.29, 1.82) is 0 Å². The summed E-state index contributed by atoms with van der Waals surface area (Å²) in [4.78, 5) is 0. The predicted octanol–water partition coefficient (Wildman–Crippen LogP) is 2.14. The Kier molecular flexibility index (Phi) is 2.07. The van der Waals surface area contributed by atoms with Crippen LogP contribution in [0.2, 0.25) is 10.3 Å². The quantitative estimate of drug-likeness (QED) is 0.703. The van der Waals surface area contributed by atoms with E-state index in [0.29, 0.717) is 10.3 Å².